The largest absolute Gasteiger partial charge is 0.380 e. The average molecular weight is 648 g/mol. The standard InChI is InChI=1S/C35H43F2N7O3/c1-19(47-3)18-44-30-16-26(37)24(35(46)42-29-17-38-11-10-25(29)36)15-28(30)41-33(44)31-14-22-8-9-27-20(2)39-34(45)23-13-21(23)7-5-4-6-12-43(31)32(22)40-27/h8-9,14-16,19-21,23,25,29,38H,4-7,10-13,17-18H2,1-3H3,(H,39,45)(H,42,46)/t19?,20-,21-,23-,25+,29+/m1/s1. The number of nitrogens with zero attached hydrogens (tertiary/aromatic N) is 4. The second-order valence-corrected chi connectivity index (χ2v) is 13.5. The van der Waals surface area contributed by atoms with E-state index < -0.39 is 23.9 Å². The molecule has 10 nitrogen and oxygen atoms in total. The molecule has 7 rings (SSSR count). The molecule has 2 amide bonds. The smallest absolute Gasteiger partial charge is 0.254 e. The van der Waals surface area contributed by atoms with E-state index in [-0.39, 0.29) is 42.5 Å². The van der Waals surface area contributed by atoms with Crippen LogP contribution in [-0.4, -0.2) is 69.4 Å². The van der Waals surface area contributed by atoms with Crippen LogP contribution in [0.25, 0.3) is 33.6 Å². The molecule has 1 aliphatic carbocycles. The predicted molar refractivity (Wildman–Crippen MR) is 175 cm³/mol. The Kier molecular flexibility index (Phi) is 8.73. The Labute approximate surface area is 272 Å². The van der Waals surface area contributed by atoms with Crippen LogP contribution in [0.3, 0.4) is 0 Å². The number of pyridine rings is 1. The molecule has 1 saturated carbocycles. The number of alkyl halides is 1. The van der Waals surface area contributed by atoms with E-state index >= 15 is 4.39 Å². The summed E-state index contributed by atoms with van der Waals surface area (Å²) in [7, 11) is 1.63. The molecule has 3 N–H and O–H groups in total. The molecular weight excluding hydrogens is 604 g/mol. The zero-order chi connectivity index (χ0) is 32.8. The van der Waals surface area contributed by atoms with Gasteiger partial charge in [0.1, 0.15) is 17.6 Å². The number of halogens is 2. The molecular formula is C35H43F2N7O3. The summed E-state index contributed by atoms with van der Waals surface area (Å²) in [5, 5.41) is 9.86. The lowest BCUT2D eigenvalue weighted by Crippen LogP contribution is -2.52. The number of aromatic nitrogens is 4. The Bertz CT molecular complexity index is 1820. The summed E-state index contributed by atoms with van der Waals surface area (Å²) in [6.45, 7) is 5.85. The third-order valence-corrected chi connectivity index (χ3v) is 10.2. The Morgan fingerprint density at radius 2 is 2.02 bits per heavy atom. The molecule has 1 unspecified atom stereocenters. The molecule has 2 aliphatic heterocycles. The molecule has 4 aromatic rings. The number of ether oxygens (including phenoxy) is 1. The van der Waals surface area contributed by atoms with Crippen molar-refractivity contribution >= 4 is 33.9 Å². The Morgan fingerprint density at radius 1 is 1.17 bits per heavy atom. The number of imidazole rings is 1. The van der Waals surface area contributed by atoms with Gasteiger partial charge < -0.3 is 29.8 Å². The number of fused-ring (bicyclic) bond motifs is 3. The van der Waals surface area contributed by atoms with Gasteiger partial charge in [0.15, 0.2) is 5.82 Å². The SMILES string of the molecule is COC(C)Cn1c(-c2cc3ccc4nc3n2CCCCC[C@@H]2C[C@H]2C(=O)N[C@@H]4C)nc2cc(C(=O)N[C@H]3CNCC[C@@H]3F)c(F)cc21. The normalized spacial score (nSPS) is 25.7. The van der Waals surface area contributed by atoms with E-state index in [2.05, 4.69) is 26.6 Å². The van der Waals surface area contributed by atoms with Gasteiger partial charge in [0.05, 0.1) is 52.7 Å². The zero-order valence-electron chi connectivity index (χ0n) is 27.2. The first kappa shape index (κ1) is 31.7. The van der Waals surface area contributed by atoms with Crippen LogP contribution < -0.4 is 16.0 Å². The number of carbonyl (C=O) groups excluding carboxylic acids is 2. The van der Waals surface area contributed by atoms with Gasteiger partial charge in [-0.15, -0.1) is 0 Å². The van der Waals surface area contributed by atoms with Gasteiger partial charge in [-0.1, -0.05) is 12.8 Å². The number of methoxy groups -OCH3 is 1. The van der Waals surface area contributed by atoms with Gasteiger partial charge in [-0.3, -0.25) is 9.59 Å². The van der Waals surface area contributed by atoms with Crippen LogP contribution in [0.1, 0.15) is 74.5 Å². The van der Waals surface area contributed by atoms with E-state index in [1.807, 2.05) is 30.5 Å². The summed E-state index contributed by atoms with van der Waals surface area (Å²) in [6, 6.07) is 7.87. The third kappa shape index (κ3) is 6.25. The van der Waals surface area contributed by atoms with Crippen LogP contribution in [0, 0.1) is 17.7 Å². The fourth-order valence-corrected chi connectivity index (χ4v) is 7.18. The molecule has 3 aliphatic rings. The Balaban J connectivity index is 1.31. The second kappa shape index (κ2) is 13.0. The fourth-order valence-electron chi connectivity index (χ4n) is 7.18. The van der Waals surface area contributed by atoms with Crippen LogP contribution in [0.15, 0.2) is 30.3 Å². The first-order valence-electron chi connectivity index (χ1n) is 16.9. The van der Waals surface area contributed by atoms with Crippen LogP contribution in [0.2, 0.25) is 0 Å². The zero-order valence-corrected chi connectivity index (χ0v) is 27.2. The van der Waals surface area contributed by atoms with Crippen molar-refractivity contribution in [3.8, 4) is 11.5 Å². The number of amides is 2. The minimum atomic E-state index is -1.20. The van der Waals surface area contributed by atoms with Gasteiger partial charge in [0, 0.05) is 37.6 Å². The lowest BCUT2D eigenvalue weighted by Gasteiger charge is -2.27. The van der Waals surface area contributed by atoms with Gasteiger partial charge in [-0.05, 0) is 76.3 Å². The van der Waals surface area contributed by atoms with E-state index in [0.29, 0.717) is 35.9 Å². The summed E-state index contributed by atoms with van der Waals surface area (Å²) in [5.41, 5.74) is 3.23. The highest BCUT2D eigenvalue weighted by molar-refractivity contribution is 5.98. The molecule has 12 heteroatoms. The Morgan fingerprint density at radius 3 is 2.83 bits per heavy atom. The number of aryl methyl sites for hydroxylation is 1. The minimum Gasteiger partial charge on any atom is -0.380 e. The van der Waals surface area contributed by atoms with Gasteiger partial charge in [-0.25, -0.2) is 18.7 Å². The van der Waals surface area contributed by atoms with Crippen molar-refractivity contribution in [1.29, 1.82) is 0 Å². The first-order chi connectivity index (χ1) is 22.7. The molecule has 1 aromatic carbocycles. The number of hydrogen-bond acceptors (Lipinski definition) is 6. The molecule has 2 bridgehead atoms. The lowest BCUT2D eigenvalue weighted by molar-refractivity contribution is -0.123. The van der Waals surface area contributed by atoms with Gasteiger partial charge in [0.25, 0.3) is 5.91 Å². The number of carbonyl (C=O) groups is 2. The van der Waals surface area contributed by atoms with E-state index in [9.17, 15) is 14.0 Å². The quantitative estimate of drug-likeness (QED) is 0.270. The molecule has 1 saturated heterocycles. The Hall–Kier alpha value is -3.90. The monoisotopic (exact) mass is 647 g/mol. The summed E-state index contributed by atoms with van der Waals surface area (Å²) in [5.74, 6) is -0.0637. The molecule has 6 atom stereocenters. The highest BCUT2D eigenvalue weighted by atomic mass is 19.1. The van der Waals surface area contributed by atoms with E-state index in [0.717, 1.165) is 61.1 Å². The number of nitrogens with one attached hydrogen (secondary N) is 3. The van der Waals surface area contributed by atoms with Gasteiger partial charge >= 0.3 is 0 Å². The minimum absolute atomic E-state index is 0.110. The highest BCUT2D eigenvalue weighted by Gasteiger charge is 2.42. The van der Waals surface area contributed by atoms with Crippen LogP contribution in [-0.2, 0) is 22.6 Å². The number of piperidine rings is 1. The van der Waals surface area contributed by atoms with Gasteiger partial charge in [0.2, 0.25) is 5.91 Å². The maximum atomic E-state index is 15.7. The van der Waals surface area contributed by atoms with E-state index in [4.69, 9.17) is 14.7 Å². The van der Waals surface area contributed by atoms with Crippen molar-refractivity contribution in [2.75, 3.05) is 20.2 Å². The van der Waals surface area contributed by atoms with E-state index in [1.165, 1.54) is 12.1 Å². The molecule has 5 heterocycles. The van der Waals surface area contributed by atoms with Crippen molar-refractivity contribution in [3.05, 3.63) is 47.4 Å². The van der Waals surface area contributed by atoms with Crippen molar-refractivity contribution < 1.29 is 23.1 Å². The topological polar surface area (TPSA) is 115 Å². The van der Waals surface area contributed by atoms with Crippen molar-refractivity contribution in [2.45, 2.75) is 89.8 Å². The van der Waals surface area contributed by atoms with Crippen molar-refractivity contribution in [1.82, 2.24) is 35.1 Å². The fraction of sp³-hybridized carbons (Fsp3) is 0.543. The first-order valence-corrected chi connectivity index (χ1v) is 16.9. The summed E-state index contributed by atoms with van der Waals surface area (Å²) < 4.78 is 39.9. The van der Waals surface area contributed by atoms with Crippen molar-refractivity contribution in [3.63, 3.8) is 0 Å². The summed E-state index contributed by atoms with van der Waals surface area (Å²) in [6.07, 6.45) is 3.92. The summed E-state index contributed by atoms with van der Waals surface area (Å²) >= 11 is 0. The molecule has 2 fully saturated rings. The number of benzene rings is 1. The number of rotatable bonds is 6. The molecule has 250 valence electrons. The maximum Gasteiger partial charge on any atom is 0.254 e. The molecule has 0 radical (unpaired) electrons. The van der Waals surface area contributed by atoms with E-state index in [1.54, 1.807) is 7.11 Å². The second-order valence-electron chi connectivity index (χ2n) is 13.5. The molecule has 3 aromatic heterocycles. The lowest BCUT2D eigenvalue weighted by atomic mass is 10.0. The van der Waals surface area contributed by atoms with Crippen LogP contribution >= 0.6 is 0 Å². The molecule has 0 spiro atoms. The molecule has 47 heavy (non-hydrogen) atoms. The average Bonchev–Trinajstić information content (AvgIpc) is 3.64. The third-order valence-electron chi connectivity index (χ3n) is 10.2. The summed E-state index contributed by atoms with van der Waals surface area (Å²) in [4.78, 5) is 36.2. The number of hydrogen-bond donors (Lipinski definition) is 3. The van der Waals surface area contributed by atoms with Gasteiger partial charge in [-0.2, -0.15) is 0 Å². The van der Waals surface area contributed by atoms with Crippen LogP contribution in [0.5, 0.6) is 0 Å². The van der Waals surface area contributed by atoms with Crippen LogP contribution in [0.4, 0.5) is 8.78 Å². The van der Waals surface area contributed by atoms with Crippen molar-refractivity contribution in [2.24, 2.45) is 11.8 Å². The maximum absolute atomic E-state index is 15.7. The predicted octanol–water partition coefficient (Wildman–Crippen LogP) is 5.04. The highest BCUT2D eigenvalue weighted by Crippen LogP contribution is 2.43.